The average Bonchev–Trinajstić information content (AvgIpc) is 2.45. The summed E-state index contributed by atoms with van der Waals surface area (Å²) in [5, 5.41) is 3.32. The van der Waals surface area contributed by atoms with Crippen molar-refractivity contribution in [2.75, 3.05) is 25.0 Å². The Balaban J connectivity index is 1.76. The number of nitrogens with zero attached hydrogens (tertiary/aromatic N) is 2. The van der Waals surface area contributed by atoms with Gasteiger partial charge in [-0.1, -0.05) is 18.2 Å². The standard InChI is InChI=1S/C15H18FN3/c1-19(15-7-3-2-6-14(15)16)10-9-18-12-13-5-4-8-17-11-13/h2-8,11,18H,9-10,12H2,1H3. The molecular weight excluding hydrogens is 241 g/mol. The third-order valence-corrected chi connectivity index (χ3v) is 2.94. The zero-order valence-corrected chi connectivity index (χ0v) is 11.0. The first-order valence-corrected chi connectivity index (χ1v) is 6.32. The van der Waals surface area contributed by atoms with Crippen LogP contribution >= 0.6 is 0 Å². The van der Waals surface area contributed by atoms with Gasteiger partial charge in [0.25, 0.3) is 0 Å². The highest BCUT2D eigenvalue weighted by Gasteiger charge is 2.05. The van der Waals surface area contributed by atoms with Crippen molar-refractivity contribution in [2.24, 2.45) is 0 Å². The molecule has 0 unspecified atom stereocenters. The van der Waals surface area contributed by atoms with Crippen LogP contribution in [0.1, 0.15) is 5.56 Å². The summed E-state index contributed by atoms with van der Waals surface area (Å²) < 4.78 is 13.5. The highest BCUT2D eigenvalue weighted by Crippen LogP contribution is 2.16. The van der Waals surface area contributed by atoms with E-state index < -0.39 is 0 Å². The van der Waals surface area contributed by atoms with Crippen molar-refractivity contribution in [1.82, 2.24) is 10.3 Å². The van der Waals surface area contributed by atoms with E-state index in [1.807, 2.05) is 36.3 Å². The van der Waals surface area contributed by atoms with Gasteiger partial charge in [-0.25, -0.2) is 4.39 Å². The van der Waals surface area contributed by atoms with Crippen molar-refractivity contribution in [3.8, 4) is 0 Å². The Labute approximate surface area is 113 Å². The molecule has 3 nitrogen and oxygen atoms in total. The second kappa shape index (κ2) is 6.85. The number of hydrogen-bond donors (Lipinski definition) is 1. The van der Waals surface area contributed by atoms with Crippen molar-refractivity contribution < 1.29 is 4.39 Å². The van der Waals surface area contributed by atoms with E-state index in [1.165, 1.54) is 6.07 Å². The zero-order valence-electron chi connectivity index (χ0n) is 11.0. The van der Waals surface area contributed by atoms with Gasteiger partial charge in [-0.15, -0.1) is 0 Å². The van der Waals surface area contributed by atoms with Gasteiger partial charge >= 0.3 is 0 Å². The normalized spacial score (nSPS) is 10.4. The fourth-order valence-corrected chi connectivity index (χ4v) is 1.86. The Bertz CT molecular complexity index is 502. The largest absolute Gasteiger partial charge is 0.371 e. The van der Waals surface area contributed by atoms with Crippen LogP contribution in [0, 0.1) is 5.82 Å². The highest BCUT2D eigenvalue weighted by atomic mass is 19.1. The number of likely N-dealkylation sites (N-methyl/N-ethyl adjacent to an activating group) is 1. The molecule has 2 aromatic rings. The summed E-state index contributed by atoms with van der Waals surface area (Å²) in [4.78, 5) is 5.97. The summed E-state index contributed by atoms with van der Waals surface area (Å²) in [6.45, 7) is 2.32. The van der Waals surface area contributed by atoms with Crippen LogP contribution in [-0.4, -0.2) is 25.1 Å². The van der Waals surface area contributed by atoms with Crippen molar-refractivity contribution in [3.63, 3.8) is 0 Å². The number of nitrogens with one attached hydrogen (secondary N) is 1. The maximum Gasteiger partial charge on any atom is 0.146 e. The Morgan fingerprint density at radius 1 is 1.21 bits per heavy atom. The molecule has 0 atom stereocenters. The molecule has 0 saturated carbocycles. The number of hydrogen-bond acceptors (Lipinski definition) is 3. The number of rotatable bonds is 6. The molecule has 0 radical (unpaired) electrons. The molecule has 0 saturated heterocycles. The molecule has 0 fully saturated rings. The molecule has 1 heterocycles. The van der Waals surface area contributed by atoms with Gasteiger partial charge in [0, 0.05) is 39.1 Å². The summed E-state index contributed by atoms with van der Waals surface area (Å²) in [5.74, 6) is -0.183. The third-order valence-electron chi connectivity index (χ3n) is 2.94. The minimum absolute atomic E-state index is 0.183. The van der Waals surface area contributed by atoms with Crippen LogP contribution in [-0.2, 0) is 6.54 Å². The first-order valence-electron chi connectivity index (χ1n) is 6.32. The van der Waals surface area contributed by atoms with E-state index in [-0.39, 0.29) is 5.82 Å². The quantitative estimate of drug-likeness (QED) is 0.808. The van der Waals surface area contributed by atoms with Crippen molar-refractivity contribution in [1.29, 1.82) is 0 Å². The Morgan fingerprint density at radius 2 is 2.05 bits per heavy atom. The lowest BCUT2D eigenvalue weighted by Crippen LogP contribution is -2.29. The SMILES string of the molecule is CN(CCNCc1cccnc1)c1ccccc1F. The van der Waals surface area contributed by atoms with Gasteiger partial charge in [-0.3, -0.25) is 4.98 Å². The number of pyridine rings is 1. The van der Waals surface area contributed by atoms with Crippen LogP contribution in [0.15, 0.2) is 48.8 Å². The number of halogens is 1. The lowest BCUT2D eigenvalue weighted by atomic mass is 10.2. The Hall–Kier alpha value is -1.94. The van der Waals surface area contributed by atoms with E-state index in [2.05, 4.69) is 10.3 Å². The second-order valence-electron chi connectivity index (χ2n) is 4.41. The molecule has 100 valence electrons. The topological polar surface area (TPSA) is 28.2 Å². The molecule has 0 aliphatic carbocycles. The van der Waals surface area contributed by atoms with Crippen LogP contribution in [0.2, 0.25) is 0 Å². The molecule has 0 bridgehead atoms. The molecule has 1 aromatic carbocycles. The Kier molecular flexibility index (Phi) is 4.86. The van der Waals surface area contributed by atoms with Gasteiger partial charge in [-0.05, 0) is 23.8 Å². The first kappa shape index (κ1) is 13.5. The first-order chi connectivity index (χ1) is 9.27. The minimum Gasteiger partial charge on any atom is -0.371 e. The molecule has 0 amide bonds. The second-order valence-corrected chi connectivity index (χ2v) is 4.41. The molecule has 1 N–H and O–H groups in total. The van der Waals surface area contributed by atoms with Gasteiger partial charge < -0.3 is 10.2 Å². The lowest BCUT2D eigenvalue weighted by molar-refractivity contribution is 0.616. The summed E-state index contributed by atoms with van der Waals surface area (Å²) in [7, 11) is 1.89. The van der Waals surface area contributed by atoms with E-state index in [9.17, 15) is 4.39 Å². The van der Waals surface area contributed by atoms with Gasteiger partial charge in [0.1, 0.15) is 5.82 Å². The number of anilines is 1. The molecule has 0 aliphatic rings. The summed E-state index contributed by atoms with van der Waals surface area (Å²) in [6, 6.07) is 10.8. The number of benzene rings is 1. The van der Waals surface area contributed by atoms with Crippen LogP contribution in [0.5, 0.6) is 0 Å². The van der Waals surface area contributed by atoms with Gasteiger partial charge in [0.05, 0.1) is 5.69 Å². The fraction of sp³-hybridized carbons (Fsp3) is 0.267. The third kappa shape index (κ3) is 4.03. The van der Waals surface area contributed by atoms with Gasteiger partial charge in [0.2, 0.25) is 0 Å². The van der Waals surface area contributed by atoms with Crippen molar-refractivity contribution >= 4 is 5.69 Å². The van der Waals surface area contributed by atoms with Crippen molar-refractivity contribution in [2.45, 2.75) is 6.54 Å². The molecule has 4 heteroatoms. The smallest absolute Gasteiger partial charge is 0.146 e. The maximum absolute atomic E-state index is 13.5. The van der Waals surface area contributed by atoms with Gasteiger partial charge in [-0.2, -0.15) is 0 Å². The van der Waals surface area contributed by atoms with Crippen LogP contribution in [0.4, 0.5) is 10.1 Å². The molecular formula is C15H18FN3. The summed E-state index contributed by atoms with van der Waals surface area (Å²) in [5.41, 5.74) is 1.78. The van der Waals surface area contributed by atoms with Gasteiger partial charge in [0.15, 0.2) is 0 Å². The highest BCUT2D eigenvalue weighted by molar-refractivity contribution is 5.46. The van der Waals surface area contributed by atoms with E-state index in [4.69, 9.17) is 0 Å². The van der Waals surface area contributed by atoms with Crippen LogP contribution in [0.25, 0.3) is 0 Å². The number of para-hydroxylation sites is 1. The molecule has 0 aliphatic heterocycles. The van der Waals surface area contributed by atoms with E-state index in [0.29, 0.717) is 5.69 Å². The molecule has 1 aromatic heterocycles. The van der Waals surface area contributed by atoms with E-state index >= 15 is 0 Å². The predicted molar refractivity (Wildman–Crippen MR) is 75.6 cm³/mol. The van der Waals surface area contributed by atoms with E-state index in [1.54, 1.807) is 18.3 Å². The van der Waals surface area contributed by atoms with Crippen LogP contribution < -0.4 is 10.2 Å². The molecule has 2 rings (SSSR count). The lowest BCUT2D eigenvalue weighted by Gasteiger charge is -2.20. The zero-order chi connectivity index (χ0) is 13.5. The van der Waals surface area contributed by atoms with Crippen LogP contribution in [0.3, 0.4) is 0 Å². The monoisotopic (exact) mass is 259 g/mol. The fourth-order valence-electron chi connectivity index (χ4n) is 1.86. The summed E-state index contributed by atoms with van der Waals surface area (Å²) in [6.07, 6.45) is 3.60. The van der Waals surface area contributed by atoms with Crippen molar-refractivity contribution in [3.05, 3.63) is 60.2 Å². The Morgan fingerprint density at radius 3 is 2.79 bits per heavy atom. The summed E-state index contributed by atoms with van der Waals surface area (Å²) >= 11 is 0. The predicted octanol–water partition coefficient (Wildman–Crippen LogP) is 2.45. The molecule has 0 spiro atoms. The molecule has 19 heavy (non-hydrogen) atoms. The minimum atomic E-state index is -0.183. The number of aromatic nitrogens is 1. The maximum atomic E-state index is 13.5. The average molecular weight is 259 g/mol. The van der Waals surface area contributed by atoms with E-state index in [0.717, 1.165) is 25.2 Å².